The summed E-state index contributed by atoms with van der Waals surface area (Å²) in [6.07, 6.45) is -5.41. The summed E-state index contributed by atoms with van der Waals surface area (Å²) in [6, 6.07) is 3.41. The van der Waals surface area contributed by atoms with Gasteiger partial charge in [0.1, 0.15) is 11.5 Å². The lowest BCUT2D eigenvalue weighted by Gasteiger charge is -2.15. The van der Waals surface area contributed by atoms with E-state index in [9.17, 15) is 18.0 Å². The Hall–Kier alpha value is -1.83. The molecule has 0 aliphatic carbocycles. The first kappa shape index (κ1) is 14.2. The van der Waals surface area contributed by atoms with Gasteiger partial charge in [0.2, 0.25) is 0 Å². The van der Waals surface area contributed by atoms with Crippen molar-refractivity contribution in [2.75, 3.05) is 5.43 Å². The van der Waals surface area contributed by atoms with E-state index in [4.69, 9.17) is 5.84 Å². The number of aromatic nitrogens is 1. The standard InChI is InChI=1S/C10H13F3N4O/c1-6(5-10(11,12)13)15-9(18)7-3-2-4-8(16-7)17-14/h2-4,6H,5,14H2,1H3,(H,15,18)(H,16,17). The van der Waals surface area contributed by atoms with E-state index >= 15 is 0 Å². The third-order valence-electron chi connectivity index (χ3n) is 2.04. The minimum absolute atomic E-state index is 0.000487. The number of pyridine rings is 1. The lowest BCUT2D eigenvalue weighted by molar-refractivity contribution is -0.138. The molecule has 4 N–H and O–H groups in total. The molecule has 100 valence electrons. The summed E-state index contributed by atoms with van der Waals surface area (Å²) in [5.74, 6) is 4.69. The minimum atomic E-state index is -4.32. The molecule has 1 rings (SSSR count). The number of hydrazine groups is 1. The molecule has 0 saturated heterocycles. The highest BCUT2D eigenvalue weighted by atomic mass is 19.4. The van der Waals surface area contributed by atoms with E-state index in [-0.39, 0.29) is 11.5 Å². The number of halogens is 3. The number of hydrogen-bond donors (Lipinski definition) is 3. The van der Waals surface area contributed by atoms with Crippen LogP contribution < -0.4 is 16.6 Å². The molecule has 0 spiro atoms. The van der Waals surface area contributed by atoms with Crippen molar-refractivity contribution in [1.29, 1.82) is 0 Å². The molecule has 1 amide bonds. The van der Waals surface area contributed by atoms with Crippen LogP contribution in [0.25, 0.3) is 0 Å². The SMILES string of the molecule is CC(CC(F)(F)F)NC(=O)c1cccc(NN)n1. The molecule has 1 aromatic heterocycles. The molecule has 18 heavy (non-hydrogen) atoms. The zero-order valence-electron chi connectivity index (χ0n) is 9.58. The van der Waals surface area contributed by atoms with Crippen molar-refractivity contribution in [2.24, 2.45) is 5.84 Å². The van der Waals surface area contributed by atoms with E-state index in [1.165, 1.54) is 25.1 Å². The molecule has 5 nitrogen and oxygen atoms in total. The first-order valence-electron chi connectivity index (χ1n) is 5.13. The lowest BCUT2D eigenvalue weighted by atomic mass is 10.2. The van der Waals surface area contributed by atoms with Crippen LogP contribution in [0.4, 0.5) is 19.0 Å². The number of rotatable bonds is 4. The molecule has 1 heterocycles. The number of nitrogen functional groups attached to an aromatic ring is 1. The van der Waals surface area contributed by atoms with Crippen LogP contribution in [0.2, 0.25) is 0 Å². The number of alkyl halides is 3. The molecular weight excluding hydrogens is 249 g/mol. The van der Waals surface area contributed by atoms with Gasteiger partial charge in [0.05, 0.1) is 6.42 Å². The fourth-order valence-corrected chi connectivity index (χ4v) is 1.34. The van der Waals surface area contributed by atoms with Crippen LogP contribution in [-0.2, 0) is 0 Å². The number of amides is 1. The Morgan fingerprint density at radius 2 is 2.17 bits per heavy atom. The molecule has 1 unspecified atom stereocenters. The largest absolute Gasteiger partial charge is 0.391 e. The predicted molar refractivity (Wildman–Crippen MR) is 59.6 cm³/mol. The number of anilines is 1. The topological polar surface area (TPSA) is 80.0 Å². The van der Waals surface area contributed by atoms with Crippen molar-refractivity contribution in [3.63, 3.8) is 0 Å². The van der Waals surface area contributed by atoms with Crippen molar-refractivity contribution in [3.8, 4) is 0 Å². The van der Waals surface area contributed by atoms with E-state index in [0.717, 1.165) is 0 Å². The Kier molecular flexibility index (Phi) is 4.49. The Bertz CT molecular complexity index is 422. The molecule has 0 bridgehead atoms. The first-order chi connectivity index (χ1) is 8.31. The van der Waals surface area contributed by atoms with Gasteiger partial charge >= 0.3 is 6.18 Å². The van der Waals surface area contributed by atoms with Gasteiger partial charge in [-0.3, -0.25) is 4.79 Å². The summed E-state index contributed by atoms with van der Waals surface area (Å²) in [7, 11) is 0. The summed E-state index contributed by atoms with van der Waals surface area (Å²) in [4.78, 5) is 15.4. The fraction of sp³-hybridized carbons (Fsp3) is 0.400. The van der Waals surface area contributed by atoms with Crippen molar-refractivity contribution in [1.82, 2.24) is 10.3 Å². The van der Waals surface area contributed by atoms with Crippen molar-refractivity contribution in [2.45, 2.75) is 25.6 Å². The van der Waals surface area contributed by atoms with E-state index in [1.807, 2.05) is 0 Å². The van der Waals surface area contributed by atoms with Gasteiger partial charge in [0, 0.05) is 6.04 Å². The van der Waals surface area contributed by atoms with E-state index < -0.39 is 24.5 Å². The maximum Gasteiger partial charge on any atom is 0.391 e. The lowest BCUT2D eigenvalue weighted by Crippen LogP contribution is -2.36. The molecule has 8 heteroatoms. The Labute approximate surface area is 102 Å². The highest BCUT2D eigenvalue weighted by Crippen LogP contribution is 2.21. The van der Waals surface area contributed by atoms with Gasteiger partial charge < -0.3 is 10.7 Å². The number of nitrogens with zero attached hydrogens (tertiary/aromatic N) is 1. The first-order valence-corrected chi connectivity index (χ1v) is 5.13. The second-order valence-electron chi connectivity index (χ2n) is 3.75. The Morgan fingerprint density at radius 3 is 2.72 bits per heavy atom. The summed E-state index contributed by atoms with van der Waals surface area (Å²) in [6.45, 7) is 1.27. The second-order valence-corrected chi connectivity index (χ2v) is 3.75. The molecular formula is C10H13F3N4O. The van der Waals surface area contributed by atoms with Gasteiger partial charge in [-0.1, -0.05) is 6.07 Å². The van der Waals surface area contributed by atoms with E-state index in [0.29, 0.717) is 0 Å². The summed E-state index contributed by atoms with van der Waals surface area (Å²) in [5.41, 5.74) is 2.24. The van der Waals surface area contributed by atoms with Gasteiger partial charge in [-0.25, -0.2) is 10.8 Å². The molecule has 1 atom stereocenters. The summed E-state index contributed by atoms with van der Waals surface area (Å²) < 4.78 is 36.3. The molecule has 1 aromatic rings. The summed E-state index contributed by atoms with van der Waals surface area (Å²) >= 11 is 0. The van der Waals surface area contributed by atoms with Crippen molar-refractivity contribution >= 4 is 11.7 Å². The number of carbonyl (C=O) groups is 1. The average molecular weight is 262 g/mol. The fourth-order valence-electron chi connectivity index (χ4n) is 1.34. The van der Waals surface area contributed by atoms with Crippen LogP contribution in [-0.4, -0.2) is 23.1 Å². The number of nitrogens with two attached hydrogens (primary N) is 1. The Morgan fingerprint density at radius 1 is 1.50 bits per heavy atom. The molecule has 0 radical (unpaired) electrons. The van der Waals surface area contributed by atoms with Crippen LogP contribution in [0.3, 0.4) is 0 Å². The van der Waals surface area contributed by atoms with Crippen molar-refractivity contribution in [3.05, 3.63) is 23.9 Å². The number of carbonyl (C=O) groups excluding carboxylic acids is 1. The van der Waals surface area contributed by atoms with Crippen molar-refractivity contribution < 1.29 is 18.0 Å². The smallest absolute Gasteiger partial charge is 0.348 e. The third kappa shape index (κ3) is 4.58. The van der Waals surface area contributed by atoms with E-state index in [2.05, 4.69) is 15.7 Å². The van der Waals surface area contributed by atoms with E-state index in [1.54, 1.807) is 0 Å². The second kappa shape index (κ2) is 5.67. The summed E-state index contributed by atoms with van der Waals surface area (Å²) in [5, 5.41) is 2.21. The minimum Gasteiger partial charge on any atom is -0.348 e. The van der Waals surface area contributed by atoms with Crippen LogP contribution in [0.1, 0.15) is 23.8 Å². The Balaban J connectivity index is 2.64. The monoisotopic (exact) mass is 262 g/mol. The van der Waals surface area contributed by atoms with Crippen LogP contribution >= 0.6 is 0 Å². The predicted octanol–water partition coefficient (Wildman–Crippen LogP) is 1.44. The van der Waals surface area contributed by atoms with Gasteiger partial charge in [-0.05, 0) is 19.1 Å². The van der Waals surface area contributed by atoms with Gasteiger partial charge in [0.15, 0.2) is 0 Å². The average Bonchev–Trinajstić information content (AvgIpc) is 2.26. The number of hydrogen-bond acceptors (Lipinski definition) is 4. The molecule has 0 aromatic carbocycles. The van der Waals surface area contributed by atoms with Gasteiger partial charge in [-0.15, -0.1) is 0 Å². The maximum atomic E-state index is 12.1. The molecule has 0 saturated carbocycles. The normalized spacial score (nSPS) is 12.9. The molecule has 0 aliphatic heterocycles. The van der Waals surface area contributed by atoms with Gasteiger partial charge in [0.25, 0.3) is 5.91 Å². The van der Waals surface area contributed by atoms with Crippen LogP contribution in [0.15, 0.2) is 18.2 Å². The number of nitrogens with one attached hydrogen (secondary N) is 2. The van der Waals surface area contributed by atoms with Gasteiger partial charge in [-0.2, -0.15) is 13.2 Å². The maximum absolute atomic E-state index is 12.1. The third-order valence-corrected chi connectivity index (χ3v) is 2.04. The zero-order chi connectivity index (χ0) is 13.8. The highest BCUT2D eigenvalue weighted by Gasteiger charge is 2.30. The zero-order valence-corrected chi connectivity index (χ0v) is 9.58. The quantitative estimate of drug-likeness (QED) is 0.566. The highest BCUT2D eigenvalue weighted by molar-refractivity contribution is 5.92. The molecule has 0 fully saturated rings. The van der Waals surface area contributed by atoms with Crippen LogP contribution in [0.5, 0.6) is 0 Å². The van der Waals surface area contributed by atoms with Crippen LogP contribution in [0, 0.1) is 0 Å². The molecule has 0 aliphatic rings.